The average Bonchev–Trinajstić information content (AvgIpc) is 2.80. The number of benzene rings is 2. The Balaban J connectivity index is 1.88. The summed E-state index contributed by atoms with van der Waals surface area (Å²) in [6.07, 6.45) is 1.86. The van der Waals surface area contributed by atoms with Crippen LogP contribution >= 0.6 is 0 Å². The normalized spacial score (nSPS) is 22.2. The molecule has 0 amide bonds. The Kier molecular flexibility index (Phi) is 5.49. The number of nitrogens with zero attached hydrogens (tertiary/aromatic N) is 4. The monoisotopic (exact) mass is 427 g/mol. The van der Waals surface area contributed by atoms with Gasteiger partial charge in [0.15, 0.2) is 5.41 Å². The van der Waals surface area contributed by atoms with Crippen LogP contribution in [0, 0.1) is 57.0 Å². The Labute approximate surface area is 184 Å². The van der Waals surface area contributed by atoms with Crippen LogP contribution < -0.4 is 5.73 Å². The number of allylic oxidation sites excluding steroid dienone is 2. The molecule has 2 aliphatic rings. The summed E-state index contributed by atoms with van der Waals surface area (Å²) >= 11 is 0. The molecule has 1 aliphatic carbocycles. The molecule has 7 heteroatoms. The zero-order chi connectivity index (χ0) is 22.9. The van der Waals surface area contributed by atoms with E-state index in [-0.39, 0.29) is 16.8 Å². The van der Waals surface area contributed by atoms with Crippen molar-refractivity contribution in [3.05, 3.63) is 94.2 Å². The Morgan fingerprint density at radius 1 is 1.06 bits per heavy atom. The summed E-state index contributed by atoms with van der Waals surface area (Å²) < 4.78 is 28.6. The van der Waals surface area contributed by atoms with Gasteiger partial charge in [-0.15, -0.1) is 0 Å². The van der Waals surface area contributed by atoms with E-state index in [2.05, 4.69) is 4.90 Å². The van der Waals surface area contributed by atoms with Gasteiger partial charge < -0.3 is 5.73 Å². The predicted molar refractivity (Wildman–Crippen MR) is 113 cm³/mol. The van der Waals surface area contributed by atoms with Gasteiger partial charge in [-0.3, -0.25) is 4.90 Å². The number of nitrogens with two attached hydrogens (primary N) is 1. The number of halogens is 2. The standard InChI is InChI=1S/C25H19F2N5/c26-17-6-7-19(22(27)10-17)23-21-13-32(12-16-4-2-1-3-5-16)9-8-18(21)20(11-28)24(31)25(23,14-29)15-30/h1-8,10,21,23H,9,12-13,31H2/t21-,23-/m0/s1. The first kappa shape index (κ1) is 21.2. The van der Waals surface area contributed by atoms with Crippen molar-refractivity contribution in [2.45, 2.75) is 12.5 Å². The molecule has 0 bridgehead atoms. The number of nitriles is 3. The summed E-state index contributed by atoms with van der Waals surface area (Å²) in [6.45, 7) is 1.52. The second-order valence-electron chi connectivity index (χ2n) is 8.02. The lowest BCUT2D eigenvalue weighted by molar-refractivity contribution is 0.199. The molecule has 0 radical (unpaired) electrons. The van der Waals surface area contributed by atoms with E-state index in [1.54, 1.807) is 0 Å². The second-order valence-corrected chi connectivity index (χ2v) is 8.02. The van der Waals surface area contributed by atoms with E-state index in [4.69, 9.17) is 5.73 Å². The fraction of sp³-hybridized carbons (Fsp3) is 0.240. The van der Waals surface area contributed by atoms with Crippen molar-refractivity contribution >= 4 is 0 Å². The molecule has 0 aromatic heterocycles. The molecular weight excluding hydrogens is 408 g/mol. The van der Waals surface area contributed by atoms with Gasteiger partial charge in [-0.05, 0) is 22.8 Å². The van der Waals surface area contributed by atoms with Crippen LogP contribution in [-0.4, -0.2) is 18.0 Å². The number of rotatable bonds is 3. The maximum Gasteiger partial charge on any atom is 0.191 e. The van der Waals surface area contributed by atoms with E-state index in [0.29, 0.717) is 25.2 Å². The maximum atomic E-state index is 14.9. The third-order valence-corrected chi connectivity index (χ3v) is 6.29. The molecule has 0 saturated carbocycles. The fourth-order valence-electron chi connectivity index (χ4n) is 4.81. The summed E-state index contributed by atoms with van der Waals surface area (Å²) in [6, 6.07) is 18.9. The van der Waals surface area contributed by atoms with Crippen LogP contribution in [0.15, 0.2) is 71.5 Å². The first-order chi connectivity index (χ1) is 15.4. The SMILES string of the molecule is N#CC1=C(N)C(C#N)(C#N)[C@@H](c2ccc(F)cc2F)[C@H]2CN(Cc3ccccc3)CC=C12. The Hall–Kier alpha value is -3.99. The van der Waals surface area contributed by atoms with Gasteiger partial charge in [-0.2, -0.15) is 15.8 Å². The Bertz CT molecular complexity index is 1230. The van der Waals surface area contributed by atoms with Gasteiger partial charge in [0.05, 0.1) is 23.4 Å². The molecule has 0 fully saturated rings. The molecule has 0 unspecified atom stereocenters. The fourth-order valence-corrected chi connectivity index (χ4v) is 4.81. The molecule has 5 nitrogen and oxygen atoms in total. The smallest absolute Gasteiger partial charge is 0.191 e. The molecular formula is C25H19F2N5. The van der Waals surface area contributed by atoms with Crippen molar-refractivity contribution in [2.75, 3.05) is 13.1 Å². The second kappa shape index (κ2) is 8.27. The molecule has 0 saturated heterocycles. The zero-order valence-corrected chi connectivity index (χ0v) is 17.1. The lowest BCUT2D eigenvalue weighted by Crippen LogP contribution is -2.48. The third kappa shape index (κ3) is 3.32. The first-order valence-electron chi connectivity index (χ1n) is 10.1. The minimum Gasteiger partial charge on any atom is -0.399 e. The Morgan fingerprint density at radius 3 is 2.41 bits per heavy atom. The maximum absolute atomic E-state index is 14.9. The lowest BCUT2D eigenvalue weighted by atomic mass is 9.58. The van der Waals surface area contributed by atoms with E-state index in [1.165, 1.54) is 6.07 Å². The van der Waals surface area contributed by atoms with Crippen LogP contribution in [0.3, 0.4) is 0 Å². The molecule has 2 aromatic rings. The van der Waals surface area contributed by atoms with Crippen LogP contribution in [0.5, 0.6) is 0 Å². The molecule has 2 aromatic carbocycles. The molecule has 0 spiro atoms. The highest BCUT2D eigenvalue weighted by Crippen LogP contribution is 2.54. The largest absolute Gasteiger partial charge is 0.399 e. The number of hydrogen-bond donors (Lipinski definition) is 1. The van der Waals surface area contributed by atoms with Gasteiger partial charge in [0.2, 0.25) is 0 Å². The van der Waals surface area contributed by atoms with Crippen LogP contribution in [0.2, 0.25) is 0 Å². The van der Waals surface area contributed by atoms with E-state index in [9.17, 15) is 24.6 Å². The minimum atomic E-state index is -1.96. The van der Waals surface area contributed by atoms with Crippen molar-refractivity contribution < 1.29 is 8.78 Å². The summed E-state index contributed by atoms with van der Waals surface area (Å²) in [5.74, 6) is -3.15. The number of fused-ring (bicyclic) bond motifs is 1. The third-order valence-electron chi connectivity index (χ3n) is 6.29. The van der Waals surface area contributed by atoms with Gasteiger partial charge in [-0.25, -0.2) is 8.78 Å². The zero-order valence-electron chi connectivity index (χ0n) is 17.1. The summed E-state index contributed by atoms with van der Waals surface area (Å²) in [4.78, 5) is 2.11. The lowest BCUT2D eigenvalue weighted by Gasteiger charge is -2.45. The highest BCUT2D eigenvalue weighted by molar-refractivity contribution is 5.59. The van der Waals surface area contributed by atoms with Crippen molar-refractivity contribution in [2.24, 2.45) is 17.1 Å². The van der Waals surface area contributed by atoms with Gasteiger partial charge in [0.1, 0.15) is 17.7 Å². The molecule has 2 N–H and O–H groups in total. The summed E-state index contributed by atoms with van der Waals surface area (Å²) in [7, 11) is 0. The van der Waals surface area contributed by atoms with Crippen molar-refractivity contribution in [1.29, 1.82) is 15.8 Å². The summed E-state index contributed by atoms with van der Waals surface area (Å²) in [5, 5.41) is 29.9. The Morgan fingerprint density at radius 2 is 1.78 bits per heavy atom. The minimum absolute atomic E-state index is 0.0342. The molecule has 4 rings (SSSR count). The average molecular weight is 427 g/mol. The first-order valence-corrected chi connectivity index (χ1v) is 10.1. The van der Waals surface area contributed by atoms with E-state index in [0.717, 1.165) is 17.7 Å². The van der Waals surface area contributed by atoms with E-state index < -0.39 is 28.9 Å². The van der Waals surface area contributed by atoms with Gasteiger partial charge in [0, 0.05) is 37.5 Å². The molecule has 1 heterocycles. The van der Waals surface area contributed by atoms with Gasteiger partial charge in [-0.1, -0.05) is 42.5 Å². The summed E-state index contributed by atoms with van der Waals surface area (Å²) in [5.41, 5.74) is 5.89. The molecule has 1 aliphatic heterocycles. The van der Waals surface area contributed by atoms with E-state index in [1.807, 2.05) is 54.6 Å². The van der Waals surface area contributed by atoms with Crippen molar-refractivity contribution in [1.82, 2.24) is 4.90 Å². The van der Waals surface area contributed by atoms with Crippen LogP contribution in [0.25, 0.3) is 0 Å². The molecule has 158 valence electrons. The molecule has 32 heavy (non-hydrogen) atoms. The van der Waals surface area contributed by atoms with Gasteiger partial charge >= 0.3 is 0 Å². The van der Waals surface area contributed by atoms with Crippen LogP contribution in [-0.2, 0) is 6.54 Å². The number of hydrogen-bond acceptors (Lipinski definition) is 5. The van der Waals surface area contributed by atoms with Crippen molar-refractivity contribution in [3.63, 3.8) is 0 Å². The highest BCUT2D eigenvalue weighted by atomic mass is 19.1. The van der Waals surface area contributed by atoms with E-state index >= 15 is 0 Å². The predicted octanol–water partition coefficient (Wildman–Crippen LogP) is 3.89. The van der Waals surface area contributed by atoms with Crippen LogP contribution in [0.4, 0.5) is 8.78 Å². The van der Waals surface area contributed by atoms with Crippen molar-refractivity contribution in [3.8, 4) is 18.2 Å². The molecule has 2 atom stereocenters. The van der Waals surface area contributed by atoms with Gasteiger partial charge in [0.25, 0.3) is 0 Å². The quantitative estimate of drug-likeness (QED) is 0.801. The van der Waals surface area contributed by atoms with Crippen LogP contribution in [0.1, 0.15) is 17.0 Å². The topological polar surface area (TPSA) is 101 Å². The highest BCUT2D eigenvalue weighted by Gasteiger charge is 2.55.